The Bertz CT molecular complexity index is 53.1. The van der Waals surface area contributed by atoms with E-state index in [-0.39, 0.29) is 0 Å². The minimum Gasteiger partial charge on any atom is -0.388 e. The second kappa shape index (κ2) is 9.96. The summed E-state index contributed by atoms with van der Waals surface area (Å²) in [6.07, 6.45) is 2.97. The smallest absolute Gasteiger partial charge is 0.0351 e. The maximum Gasteiger partial charge on any atom is 0.0351 e. The molecule has 0 aliphatic heterocycles. The van der Waals surface area contributed by atoms with Gasteiger partial charge < -0.3 is 4.74 Å². The lowest BCUT2D eigenvalue weighted by Crippen LogP contribution is -1.66. The zero-order valence-corrected chi connectivity index (χ0v) is 8.98. The highest BCUT2D eigenvalue weighted by molar-refractivity contribution is 4.65. The van der Waals surface area contributed by atoms with Crippen LogP contribution in [0, 0.1) is 11.8 Å². The molecule has 0 N–H and O–H groups in total. The monoisotopic (exact) mass is 160 g/mol. The average Bonchev–Trinajstić information content (AvgIpc) is 2.51. The van der Waals surface area contributed by atoms with Crippen LogP contribution in [-0.4, -0.2) is 14.2 Å². The van der Waals surface area contributed by atoms with Crippen LogP contribution in [0.15, 0.2) is 0 Å². The minimum atomic E-state index is 0.833. The number of rotatable bonds is 0. The predicted octanol–water partition coefficient (Wildman–Crippen LogP) is 3.34. The minimum absolute atomic E-state index is 0.833. The van der Waals surface area contributed by atoms with E-state index in [0.29, 0.717) is 0 Å². The fourth-order valence-electron chi connectivity index (χ4n) is 0.167. The Morgan fingerprint density at radius 3 is 1.18 bits per heavy atom. The number of hydrogen-bond donors (Lipinski definition) is 0. The van der Waals surface area contributed by atoms with Crippen LogP contribution in [-0.2, 0) is 4.74 Å². The SMILES string of the molecule is CC(C)C.CC1CC1.COC. The lowest BCUT2D eigenvalue weighted by molar-refractivity contribution is 0.277. The largest absolute Gasteiger partial charge is 0.388 e. The molecule has 0 unspecified atom stereocenters. The lowest BCUT2D eigenvalue weighted by atomic mass is 10.3. The van der Waals surface area contributed by atoms with Crippen LogP contribution in [0.1, 0.15) is 40.5 Å². The van der Waals surface area contributed by atoms with Gasteiger partial charge in [0, 0.05) is 14.2 Å². The summed E-state index contributed by atoms with van der Waals surface area (Å²) in [5.41, 5.74) is 0. The molecule has 0 spiro atoms. The van der Waals surface area contributed by atoms with E-state index in [4.69, 9.17) is 0 Å². The molecule has 0 aromatic rings. The van der Waals surface area contributed by atoms with Gasteiger partial charge in [-0.25, -0.2) is 0 Å². The summed E-state index contributed by atoms with van der Waals surface area (Å²) in [6, 6.07) is 0. The fourth-order valence-corrected chi connectivity index (χ4v) is 0.167. The molecule has 0 bridgehead atoms. The van der Waals surface area contributed by atoms with Crippen molar-refractivity contribution >= 4 is 0 Å². The molecule has 1 saturated carbocycles. The summed E-state index contributed by atoms with van der Waals surface area (Å²) < 4.78 is 4.25. The molecule has 1 nitrogen and oxygen atoms in total. The van der Waals surface area contributed by atoms with Crippen LogP contribution in [0.2, 0.25) is 0 Å². The van der Waals surface area contributed by atoms with Crippen LogP contribution in [0.25, 0.3) is 0 Å². The van der Waals surface area contributed by atoms with E-state index in [9.17, 15) is 0 Å². The number of hydrogen-bond acceptors (Lipinski definition) is 1. The van der Waals surface area contributed by atoms with E-state index in [2.05, 4.69) is 32.4 Å². The van der Waals surface area contributed by atoms with Crippen molar-refractivity contribution in [1.29, 1.82) is 0 Å². The van der Waals surface area contributed by atoms with Gasteiger partial charge in [-0.3, -0.25) is 0 Å². The Balaban J connectivity index is 0. The van der Waals surface area contributed by atoms with Gasteiger partial charge in [-0.2, -0.15) is 0 Å². The highest BCUT2D eigenvalue weighted by atomic mass is 16.4. The predicted molar refractivity (Wildman–Crippen MR) is 51.8 cm³/mol. The summed E-state index contributed by atoms with van der Waals surface area (Å²) >= 11 is 0. The van der Waals surface area contributed by atoms with Crippen molar-refractivity contribution in [2.45, 2.75) is 40.5 Å². The summed E-state index contributed by atoms with van der Waals surface area (Å²) in [7, 11) is 3.25. The van der Waals surface area contributed by atoms with Crippen molar-refractivity contribution < 1.29 is 4.74 Å². The van der Waals surface area contributed by atoms with Crippen LogP contribution >= 0.6 is 0 Å². The highest BCUT2D eigenvalue weighted by Gasteiger charge is 2.12. The van der Waals surface area contributed by atoms with Crippen molar-refractivity contribution in [2.24, 2.45) is 11.8 Å². The zero-order chi connectivity index (χ0) is 9.28. The van der Waals surface area contributed by atoms with Gasteiger partial charge in [-0.1, -0.05) is 40.5 Å². The number of ether oxygens (including phenoxy) is 1. The van der Waals surface area contributed by atoms with Gasteiger partial charge in [-0.05, 0) is 11.8 Å². The van der Waals surface area contributed by atoms with Crippen molar-refractivity contribution in [3.63, 3.8) is 0 Å². The van der Waals surface area contributed by atoms with Gasteiger partial charge >= 0.3 is 0 Å². The fraction of sp³-hybridized carbons (Fsp3) is 1.00. The summed E-state index contributed by atoms with van der Waals surface area (Å²) in [5.74, 6) is 1.92. The first kappa shape index (κ1) is 13.5. The molecule has 70 valence electrons. The Labute approximate surface area is 72.1 Å². The van der Waals surface area contributed by atoms with Crippen molar-refractivity contribution in [2.75, 3.05) is 14.2 Å². The molecule has 0 atom stereocenters. The Morgan fingerprint density at radius 2 is 1.18 bits per heavy atom. The first-order valence-corrected chi connectivity index (χ1v) is 4.44. The van der Waals surface area contributed by atoms with Gasteiger partial charge in [0.2, 0.25) is 0 Å². The Hall–Kier alpha value is -0.0400. The van der Waals surface area contributed by atoms with Gasteiger partial charge in [0.15, 0.2) is 0 Å². The summed E-state index contributed by atoms with van der Waals surface area (Å²) in [5, 5.41) is 0. The molecule has 11 heavy (non-hydrogen) atoms. The molecule has 0 aromatic heterocycles. The Morgan fingerprint density at radius 1 is 1.09 bits per heavy atom. The van der Waals surface area contributed by atoms with E-state index in [1.807, 2.05) is 0 Å². The standard InChI is InChI=1S/C4H8.C4H10.C2H6O/c1-4-2-3-4;1-4(2)3;1-3-2/h4H,2-3H2,1H3;4H,1-3H3;1-2H3. The zero-order valence-electron chi connectivity index (χ0n) is 8.98. The molecule has 1 heteroatoms. The van der Waals surface area contributed by atoms with E-state index in [1.165, 1.54) is 12.8 Å². The van der Waals surface area contributed by atoms with Crippen molar-refractivity contribution in [3.05, 3.63) is 0 Å². The molecule has 1 rings (SSSR count). The molecular weight excluding hydrogens is 136 g/mol. The van der Waals surface area contributed by atoms with Crippen LogP contribution in [0.4, 0.5) is 0 Å². The highest BCUT2D eigenvalue weighted by Crippen LogP contribution is 2.26. The maximum atomic E-state index is 4.25. The van der Waals surface area contributed by atoms with Crippen LogP contribution in [0.3, 0.4) is 0 Å². The first-order chi connectivity index (χ1) is 5.04. The second-order valence-corrected chi connectivity index (χ2v) is 3.82. The number of methoxy groups -OCH3 is 1. The third kappa shape index (κ3) is 72.0. The quantitative estimate of drug-likeness (QED) is 0.528. The summed E-state index contributed by atoms with van der Waals surface area (Å²) in [4.78, 5) is 0. The van der Waals surface area contributed by atoms with E-state index in [1.54, 1.807) is 14.2 Å². The molecule has 0 aromatic carbocycles. The third-order valence-electron chi connectivity index (χ3n) is 0.866. The molecule has 1 fully saturated rings. The van der Waals surface area contributed by atoms with Crippen molar-refractivity contribution in [1.82, 2.24) is 0 Å². The van der Waals surface area contributed by atoms with E-state index < -0.39 is 0 Å². The molecule has 0 heterocycles. The maximum absolute atomic E-state index is 4.25. The first-order valence-electron chi connectivity index (χ1n) is 4.44. The molecule has 1 aliphatic rings. The normalized spacial score (nSPS) is 14.5. The molecule has 1 aliphatic carbocycles. The van der Waals surface area contributed by atoms with Crippen LogP contribution in [0.5, 0.6) is 0 Å². The lowest BCUT2D eigenvalue weighted by Gasteiger charge is -1.79. The second-order valence-electron chi connectivity index (χ2n) is 3.82. The van der Waals surface area contributed by atoms with Gasteiger partial charge in [0.1, 0.15) is 0 Å². The molecule has 0 amide bonds. The molecular formula is C10H24O. The van der Waals surface area contributed by atoms with Gasteiger partial charge in [0.25, 0.3) is 0 Å². The molecule has 0 saturated heterocycles. The summed E-state index contributed by atoms with van der Waals surface area (Å²) in [6.45, 7) is 8.78. The van der Waals surface area contributed by atoms with E-state index >= 15 is 0 Å². The average molecular weight is 160 g/mol. The van der Waals surface area contributed by atoms with Crippen molar-refractivity contribution in [3.8, 4) is 0 Å². The molecule has 0 radical (unpaired) electrons. The topological polar surface area (TPSA) is 9.23 Å². The van der Waals surface area contributed by atoms with Gasteiger partial charge in [0.05, 0.1) is 0 Å². The van der Waals surface area contributed by atoms with Crippen LogP contribution < -0.4 is 0 Å². The van der Waals surface area contributed by atoms with Gasteiger partial charge in [-0.15, -0.1) is 0 Å². The Kier molecular flexibility index (Phi) is 12.3. The third-order valence-corrected chi connectivity index (χ3v) is 0.866. The van der Waals surface area contributed by atoms with E-state index in [0.717, 1.165) is 11.8 Å².